The van der Waals surface area contributed by atoms with E-state index in [-0.39, 0.29) is 6.04 Å². The van der Waals surface area contributed by atoms with Gasteiger partial charge < -0.3 is 20.5 Å². The van der Waals surface area contributed by atoms with E-state index >= 15 is 0 Å². The molecule has 1 atom stereocenters. The summed E-state index contributed by atoms with van der Waals surface area (Å²) in [5.41, 5.74) is 7.48. The summed E-state index contributed by atoms with van der Waals surface area (Å²) in [5, 5.41) is 3.22. The Morgan fingerprint density at radius 3 is 2.78 bits per heavy atom. The van der Waals surface area contributed by atoms with Crippen LogP contribution >= 0.6 is 0 Å². The second-order valence-electron chi connectivity index (χ2n) is 4.09. The van der Waals surface area contributed by atoms with E-state index in [1.807, 2.05) is 6.92 Å². The van der Waals surface area contributed by atoms with Gasteiger partial charge in [0.2, 0.25) is 0 Å². The number of benzene rings is 1. The average Bonchev–Trinajstić information content (AvgIpc) is 2.37. The average molecular weight is 252 g/mol. The van der Waals surface area contributed by atoms with Crippen molar-refractivity contribution in [2.24, 2.45) is 0 Å². The van der Waals surface area contributed by atoms with Gasteiger partial charge in [-0.25, -0.2) is 4.79 Å². The highest BCUT2D eigenvalue weighted by atomic mass is 16.5. The van der Waals surface area contributed by atoms with Crippen molar-refractivity contribution < 1.29 is 14.3 Å². The molecule has 100 valence electrons. The first-order valence-electron chi connectivity index (χ1n) is 5.82. The SMILES string of the molecule is COCCC(C)Nc1c(N)cccc1C(=O)OC. The van der Waals surface area contributed by atoms with Gasteiger partial charge >= 0.3 is 5.97 Å². The number of carbonyl (C=O) groups excluding carboxylic acids is 1. The number of rotatable bonds is 6. The molecule has 1 aromatic rings. The van der Waals surface area contributed by atoms with Gasteiger partial charge in [-0.1, -0.05) is 6.07 Å². The Bertz CT molecular complexity index is 407. The van der Waals surface area contributed by atoms with Gasteiger partial charge in [-0.2, -0.15) is 0 Å². The molecule has 0 aromatic heterocycles. The third-order valence-electron chi connectivity index (χ3n) is 2.65. The molecule has 0 aliphatic rings. The molecule has 0 amide bonds. The van der Waals surface area contributed by atoms with Gasteiger partial charge in [0.25, 0.3) is 0 Å². The number of hydrogen-bond acceptors (Lipinski definition) is 5. The van der Waals surface area contributed by atoms with Crippen LogP contribution in [-0.4, -0.2) is 32.8 Å². The van der Waals surface area contributed by atoms with Crippen LogP contribution in [-0.2, 0) is 9.47 Å². The molecule has 0 saturated heterocycles. The first kappa shape index (κ1) is 14.3. The summed E-state index contributed by atoms with van der Waals surface area (Å²) in [6, 6.07) is 5.32. The molecule has 5 heteroatoms. The monoisotopic (exact) mass is 252 g/mol. The van der Waals surface area contributed by atoms with E-state index < -0.39 is 5.97 Å². The third kappa shape index (κ3) is 3.63. The number of anilines is 2. The number of para-hydroxylation sites is 1. The van der Waals surface area contributed by atoms with Gasteiger partial charge in [0, 0.05) is 19.8 Å². The molecule has 0 heterocycles. The van der Waals surface area contributed by atoms with Crippen molar-refractivity contribution in [2.45, 2.75) is 19.4 Å². The fourth-order valence-electron chi connectivity index (χ4n) is 1.62. The highest BCUT2D eigenvalue weighted by Crippen LogP contribution is 2.25. The van der Waals surface area contributed by atoms with Crippen LogP contribution < -0.4 is 11.1 Å². The lowest BCUT2D eigenvalue weighted by molar-refractivity contribution is 0.0602. The minimum absolute atomic E-state index is 0.151. The first-order valence-corrected chi connectivity index (χ1v) is 5.82. The van der Waals surface area contributed by atoms with Crippen molar-refractivity contribution in [3.05, 3.63) is 23.8 Å². The summed E-state index contributed by atoms with van der Waals surface area (Å²) >= 11 is 0. The lowest BCUT2D eigenvalue weighted by Gasteiger charge is -2.18. The quantitative estimate of drug-likeness (QED) is 0.597. The highest BCUT2D eigenvalue weighted by Gasteiger charge is 2.15. The molecule has 0 fully saturated rings. The van der Waals surface area contributed by atoms with E-state index in [0.717, 1.165) is 6.42 Å². The van der Waals surface area contributed by atoms with Gasteiger partial charge in [-0.05, 0) is 25.5 Å². The zero-order chi connectivity index (χ0) is 13.5. The molecule has 5 nitrogen and oxygen atoms in total. The molecule has 1 rings (SSSR count). The van der Waals surface area contributed by atoms with Crippen LogP contribution in [0.5, 0.6) is 0 Å². The van der Waals surface area contributed by atoms with Crippen LogP contribution in [0.2, 0.25) is 0 Å². The minimum atomic E-state index is -0.399. The predicted molar refractivity (Wildman–Crippen MR) is 71.8 cm³/mol. The standard InChI is InChI=1S/C13H20N2O3/c1-9(7-8-17-2)15-12-10(13(16)18-3)5-4-6-11(12)14/h4-6,9,15H,7-8,14H2,1-3H3. The van der Waals surface area contributed by atoms with Crippen LogP contribution in [0.25, 0.3) is 0 Å². The molecule has 0 bridgehead atoms. The van der Waals surface area contributed by atoms with Gasteiger partial charge in [0.15, 0.2) is 0 Å². The van der Waals surface area contributed by atoms with Crippen molar-refractivity contribution in [3.8, 4) is 0 Å². The van der Waals surface area contributed by atoms with Crippen molar-refractivity contribution in [1.29, 1.82) is 0 Å². The molecule has 18 heavy (non-hydrogen) atoms. The number of nitrogens with one attached hydrogen (secondary N) is 1. The normalized spacial score (nSPS) is 11.9. The van der Waals surface area contributed by atoms with Crippen LogP contribution in [0.15, 0.2) is 18.2 Å². The van der Waals surface area contributed by atoms with E-state index in [2.05, 4.69) is 5.32 Å². The summed E-state index contributed by atoms with van der Waals surface area (Å²) in [7, 11) is 3.01. The molecule has 0 spiro atoms. The number of hydrogen-bond donors (Lipinski definition) is 2. The molecule has 1 unspecified atom stereocenters. The van der Waals surface area contributed by atoms with E-state index in [1.54, 1.807) is 25.3 Å². The number of nitrogens with two attached hydrogens (primary N) is 1. The molecular formula is C13H20N2O3. The predicted octanol–water partition coefficient (Wildman–Crippen LogP) is 1.89. The Morgan fingerprint density at radius 2 is 2.17 bits per heavy atom. The van der Waals surface area contributed by atoms with Crippen molar-refractivity contribution >= 4 is 17.3 Å². The maximum Gasteiger partial charge on any atom is 0.340 e. The van der Waals surface area contributed by atoms with E-state index in [1.165, 1.54) is 7.11 Å². The van der Waals surface area contributed by atoms with Crippen LogP contribution in [0.4, 0.5) is 11.4 Å². The second kappa shape index (κ2) is 6.86. The molecule has 1 aromatic carbocycles. The molecular weight excluding hydrogens is 232 g/mol. The fourth-order valence-corrected chi connectivity index (χ4v) is 1.62. The Hall–Kier alpha value is -1.75. The minimum Gasteiger partial charge on any atom is -0.465 e. The van der Waals surface area contributed by atoms with Gasteiger partial charge in [0.1, 0.15) is 0 Å². The molecule has 0 aliphatic carbocycles. The largest absolute Gasteiger partial charge is 0.465 e. The highest BCUT2D eigenvalue weighted by molar-refractivity contribution is 5.98. The molecule has 3 N–H and O–H groups in total. The number of methoxy groups -OCH3 is 2. The van der Waals surface area contributed by atoms with E-state index in [4.69, 9.17) is 15.2 Å². The maximum atomic E-state index is 11.6. The topological polar surface area (TPSA) is 73.6 Å². The van der Waals surface area contributed by atoms with E-state index in [9.17, 15) is 4.79 Å². The Labute approximate surface area is 107 Å². The lowest BCUT2D eigenvalue weighted by Crippen LogP contribution is -2.20. The molecule has 0 saturated carbocycles. The summed E-state index contributed by atoms with van der Waals surface area (Å²) in [5.74, 6) is -0.399. The zero-order valence-corrected chi connectivity index (χ0v) is 11.0. The Morgan fingerprint density at radius 1 is 1.44 bits per heavy atom. The van der Waals surface area contributed by atoms with Crippen LogP contribution in [0, 0.1) is 0 Å². The van der Waals surface area contributed by atoms with Gasteiger partial charge in [-0.3, -0.25) is 0 Å². The van der Waals surface area contributed by atoms with Gasteiger partial charge in [-0.15, -0.1) is 0 Å². The first-order chi connectivity index (χ1) is 8.60. The molecule has 0 radical (unpaired) electrons. The smallest absolute Gasteiger partial charge is 0.340 e. The Balaban J connectivity index is 2.89. The van der Waals surface area contributed by atoms with Crippen molar-refractivity contribution in [2.75, 3.05) is 31.9 Å². The Kier molecular flexibility index (Phi) is 5.45. The molecule has 0 aliphatic heterocycles. The number of ether oxygens (including phenoxy) is 2. The summed E-state index contributed by atoms with van der Waals surface area (Å²) in [6.45, 7) is 2.65. The summed E-state index contributed by atoms with van der Waals surface area (Å²) in [6.07, 6.45) is 0.825. The summed E-state index contributed by atoms with van der Waals surface area (Å²) in [4.78, 5) is 11.6. The number of nitrogen functional groups attached to an aromatic ring is 1. The van der Waals surface area contributed by atoms with Gasteiger partial charge in [0.05, 0.1) is 24.0 Å². The van der Waals surface area contributed by atoms with Crippen LogP contribution in [0.1, 0.15) is 23.7 Å². The third-order valence-corrected chi connectivity index (χ3v) is 2.65. The summed E-state index contributed by atoms with van der Waals surface area (Å²) < 4.78 is 9.75. The zero-order valence-electron chi connectivity index (χ0n) is 11.0. The number of carbonyl (C=O) groups is 1. The van der Waals surface area contributed by atoms with Crippen molar-refractivity contribution in [3.63, 3.8) is 0 Å². The number of esters is 1. The lowest BCUT2D eigenvalue weighted by atomic mass is 10.1. The van der Waals surface area contributed by atoms with Crippen LogP contribution in [0.3, 0.4) is 0 Å². The van der Waals surface area contributed by atoms with E-state index in [0.29, 0.717) is 23.5 Å². The van der Waals surface area contributed by atoms with Crippen molar-refractivity contribution in [1.82, 2.24) is 0 Å². The second-order valence-corrected chi connectivity index (χ2v) is 4.09. The maximum absolute atomic E-state index is 11.6. The fraction of sp³-hybridized carbons (Fsp3) is 0.462.